The van der Waals surface area contributed by atoms with Crippen LogP contribution in [0, 0.1) is 0 Å². The number of carbonyl (C=O) groups is 2. The molecule has 0 N–H and O–H groups in total. The summed E-state index contributed by atoms with van der Waals surface area (Å²) in [6.07, 6.45) is 1.37. The van der Waals surface area contributed by atoms with Gasteiger partial charge in [0, 0.05) is 6.20 Å². The Hall–Kier alpha value is -1.01. The minimum absolute atomic E-state index is 0.0420. The Morgan fingerprint density at radius 3 is 2.80 bits per heavy atom. The van der Waals surface area contributed by atoms with E-state index < -0.39 is 0 Å². The number of halogens is 2. The maximum Gasteiger partial charge on any atom is 0.236 e. The monoisotopic (exact) mass is 289 g/mol. The van der Waals surface area contributed by atoms with E-state index in [1.807, 2.05) is 0 Å². The molecule has 2 heterocycles. The zero-order valence-corrected chi connectivity index (χ0v) is 9.75. The molecule has 0 unspecified atom stereocenters. The molecule has 0 bridgehead atoms. The lowest BCUT2D eigenvalue weighted by Crippen LogP contribution is -2.26. The Kier molecular flexibility index (Phi) is 2.70. The smallest absolute Gasteiger partial charge is 0.236 e. The lowest BCUT2D eigenvalue weighted by molar-refractivity contribution is -0.121. The summed E-state index contributed by atoms with van der Waals surface area (Å²) in [5.41, 5.74) is 0. The first-order chi connectivity index (χ1) is 7.08. The van der Waals surface area contributed by atoms with Crippen LogP contribution < -0.4 is 4.90 Å². The minimum Gasteiger partial charge on any atom is -0.297 e. The fourth-order valence-corrected chi connectivity index (χ4v) is 1.84. The molecule has 0 aliphatic carbocycles. The van der Waals surface area contributed by atoms with Crippen molar-refractivity contribution in [2.45, 2.75) is 6.42 Å². The number of carbonyl (C=O) groups excluding carboxylic acids is 2. The summed E-state index contributed by atoms with van der Waals surface area (Å²) in [5.74, 6) is -0.0528. The summed E-state index contributed by atoms with van der Waals surface area (Å²) < 4.78 is 0.537. The summed E-state index contributed by atoms with van der Waals surface area (Å²) in [4.78, 5) is 31.4. The van der Waals surface area contributed by atoms with Crippen molar-refractivity contribution in [2.24, 2.45) is 0 Å². The van der Waals surface area contributed by atoms with E-state index in [-0.39, 0.29) is 29.9 Å². The third-order valence-electron chi connectivity index (χ3n) is 1.94. The van der Waals surface area contributed by atoms with Gasteiger partial charge >= 0.3 is 0 Å². The van der Waals surface area contributed by atoms with Crippen molar-refractivity contribution in [3.05, 3.63) is 16.0 Å². The van der Waals surface area contributed by atoms with Crippen molar-refractivity contribution in [1.29, 1.82) is 0 Å². The fourth-order valence-electron chi connectivity index (χ4n) is 1.30. The third-order valence-corrected chi connectivity index (χ3v) is 2.68. The molecule has 1 amide bonds. The third kappa shape index (κ3) is 2.00. The van der Waals surface area contributed by atoms with Gasteiger partial charge in [-0.1, -0.05) is 0 Å². The SMILES string of the molecule is O=C1CC(=O)N(c2nc(Cl)ncc2Br)C1. The Labute approximate surface area is 98.6 Å². The van der Waals surface area contributed by atoms with Crippen LogP contribution in [-0.4, -0.2) is 28.2 Å². The summed E-state index contributed by atoms with van der Waals surface area (Å²) >= 11 is 8.81. The Morgan fingerprint density at radius 1 is 1.47 bits per heavy atom. The predicted molar refractivity (Wildman–Crippen MR) is 56.7 cm³/mol. The number of rotatable bonds is 1. The highest BCUT2D eigenvalue weighted by Gasteiger charge is 2.30. The molecule has 0 radical (unpaired) electrons. The summed E-state index contributed by atoms with van der Waals surface area (Å²) in [6.45, 7) is 0.0464. The van der Waals surface area contributed by atoms with E-state index in [1.165, 1.54) is 11.1 Å². The van der Waals surface area contributed by atoms with E-state index in [0.717, 1.165) is 0 Å². The van der Waals surface area contributed by atoms with Crippen LogP contribution in [0.1, 0.15) is 6.42 Å². The van der Waals surface area contributed by atoms with Gasteiger partial charge in [0.25, 0.3) is 0 Å². The van der Waals surface area contributed by atoms with Gasteiger partial charge in [-0.3, -0.25) is 14.5 Å². The topological polar surface area (TPSA) is 63.2 Å². The van der Waals surface area contributed by atoms with E-state index in [1.54, 1.807) is 0 Å². The van der Waals surface area contributed by atoms with Crippen molar-refractivity contribution in [1.82, 2.24) is 9.97 Å². The van der Waals surface area contributed by atoms with Gasteiger partial charge < -0.3 is 0 Å². The van der Waals surface area contributed by atoms with Crippen molar-refractivity contribution >= 4 is 45.0 Å². The Morgan fingerprint density at radius 2 is 2.20 bits per heavy atom. The summed E-state index contributed by atoms with van der Waals surface area (Å²) in [5, 5.41) is 0.0420. The maximum atomic E-state index is 11.4. The highest BCUT2D eigenvalue weighted by atomic mass is 79.9. The van der Waals surface area contributed by atoms with Gasteiger partial charge in [-0.25, -0.2) is 4.98 Å². The second-order valence-corrected chi connectivity index (χ2v) is 4.20. The largest absolute Gasteiger partial charge is 0.297 e. The first-order valence-corrected chi connectivity index (χ1v) is 5.25. The number of amides is 1. The number of anilines is 1. The van der Waals surface area contributed by atoms with Gasteiger partial charge in [0.15, 0.2) is 11.6 Å². The van der Waals surface area contributed by atoms with Crippen molar-refractivity contribution in [3.8, 4) is 0 Å². The highest BCUT2D eigenvalue weighted by Crippen LogP contribution is 2.26. The van der Waals surface area contributed by atoms with Crippen molar-refractivity contribution in [2.75, 3.05) is 11.4 Å². The molecular weight excluding hydrogens is 285 g/mol. The van der Waals surface area contributed by atoms with E-state index in [2.05, 4.69) is 25.9 Å². The molecule has 1 aliphatic heterocycles. The summed E-state index contributed by atoms with van der Waals surface area (Å²) in [7, 11) is 0. The molecular formula is C8H5BrClN3O2. The molecule has 78 valence electrons. The average Bonchev–Trinajstić information content (AvgIpc) is 2.50. The standard InChI is InChI=1S/C8H5BrClN3O2/c9-5-2-11-8(10)12-7(5)13-3-4(14)1-6(13)15/h2H,1,3H2. The van der Waals surface area contributed by atoms with Crippen molar-refractivity contribution < 1.29 is 9.59 Å². The number of nitrogens with zero attached hydrogens (tertiary/aromatic N) is 3. The molecule has 15 heavy (non-hydrogen) atoms. The summed E-state index contributed by atoms with van der Waals surface area (Å²) in [6, 6.07) is 0. The molecule has 1 fully saturated rings. The van der Waals surface area contributed by atoms with Gasteiger partial charge in [-0.15, -0.1) is 0 Å². The molecule has 7 heteroatoms. The van der Waals surface area contributed by atoms with Crippen LogP contribution in [0.3, 0.4) is 0 Å². The van der Waals surface area contributed by atoms with Crippen molar-refractivity contribution in [3.63, 3.8) is 0 Å². The molecule has 0 aromatic carbocycles. The minimum atomic E-state index is -0.268. The van der Waals surface area contributed by atoms with E-state index in [9.17, 15) is 9.59 Å². The molecule has 0 spiro atoms. The first kappa shape index (κ1) is 10.5. The number of ketones is 1. The number of hydrogen-bond donors (Lipinski definition) is 0. The fraction of sp³-hybridized carbons (Fsp3) is 0.250. The van der Waals surface area contributed by atoms with Crippen LogP contribution >= 0.6 is 27.5 Å². The number of aromatic nitrogens is 2. The van der Waals surface area contributed by atoms with Crippen LogP contribution in [0.15, 0.2) is 10.7 Å². The molecule has 1 aromatic rings. The average molecular weight is 291 g/mol. The first-order valence-electron chi connectivity index (χ1n) is 4.08. The zero-order chi connectivity index (χ0) is 11.0. The normalized spacial score (nSPS) is 16.3. The zero-order valence-electron chi connectivity index (χ0n) is 7.41. The molecule has 0 saturated carbocycles. The molecule has 1 aliphatic rings. The lowest BCUT2D eigenvalue weighted by atomic mass is 10.3. The molecule has 0 atom stereocenters. The molecule has 1 aromatic heterocycles. The van der Waals surface area contributed by atoms with Gasteiger partial charge in [-0.2, -0.15) is 4.98 Å². The van der Waals surface area contributed by atoms with Gasteiger partial charge in [0.2, 0.25) is 11.2 Å². The number of Topliss-reactive ketones (excluding diaryl/α,β-unsaturated/α-hetero) is 1. The molecule has 2 rings (SSSR count). The predicted octanol–water partition coefficient (Wildman–Crippen LogP) is 1.20. The van der Waals surface area contributed by atoms with Crippen LogP contribution in [-0.2, 0) is 9.59 Å². The second kappa shape index (κ2) is 3.86. The molecule has 5 nitrogen and oxygen atoms in total. The Bertz CT molecular complexity index is 452. The highest BCUT2D eigenvalue weighted by molar-refractivity contribution is 9.10. The van der Waals surface area contributed by atoms with Gasteiger partial charge in [-0.05, 0) is 27.5 Å². The lowest BCUT2D eigenvalue weighted by Gasteiger charge is -2.14. The quantitative estimate of drug-likeness (QED) is 0.576. The van der Waals surface area contributed by atoms with Crippen LogP contribution in [0.5, 0.6) is 0 Å². The molecule has 1 saturated heterocycles. The van der Waals surface area contributed by atoms with E-state index in [4.69, 9.17) is 11.6 Å². The van der Waals surface area contributed by atoms with Crippen LogP contribution in [0.25, 0.3) is 0 Å². The number of hydrogen-bond acceptors (Lipinski definition) is 4. The van der Waals surface area contributed by atoms with Crippen LogP contribution in [0.4, 0.5) is 5.82 Å². The second-order valence-electron chi connectivity index (χ2n) is 3.01. The van der Waals surface area contributed by atoms with Gasteiger partial charge in [0.05, 0.1) is 17.4 Å². The van der Waals surface area contributed by atoms with E-state index >= 15 is 0 Å². The van der Waals surface area contributed by atoms with E-state index in [0.29, 0.717) is 10.3 Å². The Balaban J connectivity index is 2.41. The maximum absolute atomic E-state index is 11.4. The van der Waals surface area contributed by atoms with Crippen LogP contribution in [0.2, 0.25) is 5.28 Å². The van der Waals surface area contributed by atoms with Gasteiger partial charge in [0.1, 0.15) is 0 Å².